The second-order valence-electron chi connectivity index (χ2n) is 3.73. The van der Waals surface area contributed by atoms with Gasteiger partial charge in [-0.05, 0) is 32.1 Å². The maximum absolute atomic E-state index is 13.1. The lowest BCUT2D eigenvalue weighted by Gasteiger charge is -2.19. The molecular weight excluding hydrogens is 249 g/mol. The number of aromatic hydroxyl groups is 1. The van der Waals surface area contributed by atoms with Crippen LogP contribution in [0.5, 0.6) is 5.75 Å². The number of halogens is 2. The molecule has 0 amide bonds. The summed E-state index contributed by atoms with van der Waals surface area (Å²) in [5, 5.41) is 31.6. The second-order valence-corrected chi connectivity index (χ2v) is 4.14. The van der Waals surface area contributed by atoms with Gasteiger partial charge in [0.05, 0.1) is 11.1 Å². The van der Waals surface area contributed by atoms with Gasteiger partial charge in [0, 0.05) is 5.56 Å². The van der Waals surface area contributed by atoms with Crippen molar-refractivity contribution < 1.29 is 19.7 Å². The molecule has 4 N–H and O–H groups in total. The van der Waals surface area contributed by atoms with E-state index >= 15 is 0 Å². The lowest BCUT2D eigenvalue weighted by atomic mass is 10.0. The first-order valence-electron chi connectivity index (χ1n) is 5.16. The highest BCUT2D eigenvalue weighted by atomic mass is 35.5. The Hall–Kier alpha value is -0.880. The highest BCUT2D eigenvalue weighted by Gasteiger charge is 2.23. The third kappa shape index (κ3) is 3.54. The third-order valence-corrected chi connectivity index (χ3v) is 2.72. The van der Waals surface area contributed by atoms with Crippen molar-refractivity contribution in [1.29, 1.82) is 0 Å². The molecule has 0 aliphatic heterocycles. The number of phenols is 1. The number of hydrogen-bond donors (Lipinski definition) is 4. The van der Waals surface area contributed by atoms with Gasteiger partial charge in [0.25, 0.3) is 0 Å². The van der Waals surface area contributed by atoms with E-state index in [9.17, 15) is 19.7 Å². The van der Waals surface area contributed by atoms with Crippen LogP contribution in [0.1, 0.15) is 18.1 Å². The van der Waals surface area contributed by atoms with Gasteiger partial charge in [-0.25, -0.2) is 4.39 Å². The predicted octanol–water partition coefficient (Wildman–Crippen LogP) is 1.19. The van der Waals surface area contributed by atoms with Crippen LogP contribution in [0.4, 0.5) is 4.39 Å². The summed E-state index contributed by atoms with van der Waals surface area (Å²) in [5.41, 5.74) is -0.112. The van der Waals surface area contributed by atoms with Crippen LogP contribution < -0.4 is 5.32 Å². The van der Waals surface area contributed by atoms with Gasteiger partial charge >= 0.3 is 0 Å². The molecule has 0 aliphatic carbocycles. The van der Waals surface area contributed by atoms with Gasteiger partial charge in [0.15, 0.2) is 0 Å². The van der Waals surface area contributed by atoms with Gasteiger partial charge in [-0.1, -0.05) is 11.6 Å². The number of hydrogen-bond acceptors (Lipinski definition) is 4. The van der Waals surface area contributed by atoms with E-state index in [1.807, 2.05) is 0 Å². The van der Waals surface area contributed by atoms with Crippen LogP contribution in [0.2, 0.25) is 5.02 Å². The van der Waals surface area contributed by atoms with E-state index < -0.39 is 23.8 Å². The smallest absolute Gasteiger partial charge is 0.140 e. The minimum absolute atomic E-state index is 0.112. The number of rotatable bonds is 5. The number of aliphatic hydroxyl groups is 2. The summed E-state index contributed by atoms with van der Waals surface area (Å²) < 4.78 is 13.1. The maximum atomic E-state index is 13.1. The Morgan fingerprint density at radius 2 is 2.06 bits per heavy atom. The molecule has 17 heavy (non-hydrogen) atoms. The van der Waals surface area contributed by atoms with Crippen molar-refractivity contribution in [3.63, 3.8) is 0 Å². The molecule has 0 saturated carbocycles. The van der Waals surface area contributed by atoms with E-state index in [0.29, 0.717) is 6.54 Å². The van der Waals surface area contributed by atoms with Crippen LogP contribution in [0.25, 0.3) is 0 Å². The first-order valence-corrected chi connectivity index (χ1v) is 5.53. The van der Waals surface area contributed by atoms with Crippen LogP contribution in [-0.4, -0.2) is 35.0 Å². The molecule has 0 aliphatic rings. The zero-order valence-electron chi connectivity index (χ0n) is 9.32. The molecule has 0 heterocycles. The average molecular weight is 264 g/mol. The Balaban J connectivity index is 2.91. The van der Waals surface area contributed by atoms with Crippen LogP contribution in [0.3, 0.4) is 0 Å². The minimum Gasteiger partial charge on any atom is -0.506 e. The maximum Gasteiger partial charge on any atom is 0.140 e. The fraction of sp³-hybridized carbons (Fsp3) is 0.455. The van der Waals surface area contributed by atoms with Gasteiger partial charge < -0.3 is 20.6 Å². The average Bonchev–Trinajstić information content (AvgIpc) is 2.29. The lowest BCUT2D eigenvalue weighted by Crippen LogP contribution is -2.23. The number of phenolic OH excluding ortho intramolecular Hbond substituents is 1. The van der Waals surface area contributed by atoms with E-state index in [1.165, 1.54) is 0 Å². The van der Waals surface area contributed by atoms with Crippen molar-refractivity contribution in [3.8, 4) is 5.75 Å². The zero-order valence-corrected chi connectivity index (χ0v) is 10.1. The summed E-state index contributed by atoms with van der Waals surface area (Å²) >= 11 is 5.58. The summed E-state index contributed by atoms with van der Waals surface area (Å²) in [4.78, 5) is 0. The molecule has 0 aromatic heterocycles. The van der Waals surface area contributed by atoms with Crippen molar-refractivity contribution in [2.24, 2.45) is 0 Å². The van der Waals surface area contributed by atoms with Crippen LogP contribution in [0, 0.1) is 5.82 Å². The van der Waals surface area contributed by atoms with E-state index in [1.54, 1.807) is 7.05 Å². The summed E-state index contributed by atoms with van der Waals surface area (Å²) in [6, 6.07) is 1.89. The number of nitrogens with one attached hydrogen (secondary N) is 1. The lowest BCUT2D eigenvalue weighted by molar-refractivity contribution is 0.0126. The highest BCUT2D eigenvalue weighted by molar-refractivity contribution is 6.32. The number of benzene rings is 1. The van der Waals surface area contributed by atoms with Gasteiger partial charge in [-0.15, -0.1) is 0 Å². The Bertz CT molecular complexity index is 389. The third-order valence-electron chi connectivity index (χ3n) is 2.43. The summed E-state index contributed by atoms with van der Waals surface area (Å²) in [7, 11) is 1.70. The van der Waals surface area contributed by atoms with Crippen molar-refractivity contribution in [2.45, 2.75) is 18.6 Å². The zero-order chi connectivity index (χ0) is 13.0. The molecule has 2 atom stereocenters. The van der Waals surface area contributed by atoms with Gasteiger partial charge in [-0.3, -0.25) is 0 Å². The molecule has 1 aromatic rings. The molecule has 0 spiro atoms. The molecule has 0 radical (unpaired) electrons. The summed E-state index contributed by atoms with van der Waals surface area (Å²) in [6.07, 6.45) is -2.21. The van der Waals surface area contributed by atoms with Gasteiger partial charge in [0.2, 0.25) is 0 Å². The molecule has 0 saturated heterocycles. The Morgan fingerprint density at radius 3 is 2.65 bits per heavy atom. The Kier molecular flexibility index (Phi) is 5.14. The van der Waals surface area contributed by atoms with E-state index in [4.69, 9.17) is 11.6 Å². The predicted molar refractivity (Wildman–Crippen MR) is 62.6 cm³/mol. The molecule has 1 rings (SSSR count). The highest BCUT2D eigenvalue weighted by Crippen LogP contribution is 2.34. The summed E-state index contributed by atoms with van der Waals surface area (Å²) in [5.74, 6) is -1.09. The van der Waals surface area contributed by atoms with Crippen LogP contribution in [0.15, 0.2) is 12.1 Å². The van der Waals surface area contributed by atoms with Crippen molar-refractivity contribution in [2.75, 3.05) is 13.6 Å². The standard InChI is InChI=1S/C11H15ClFNO3/c1-14-3-2-9(15)11(17)7-4-6(13)5-8(12)10(7)16/h4-5,9,11,14-17H,2-3H2,1H3. The van der Waals surface area contributed by atoms with Crippen LogP contribution >= 0.6 is 11.6 Å². The van der Waals surface area contributed by atoms with Gasteiger partial charge in [-0.2, -0.15) is 0 Å². The molecule has 0 fully saturated rings. The van der Waals surface area contributed by atoms with Crippen molar-refractivity contribution in [3.05, 3.63) is 28.5 Å². The first-order chi connectivity index (χ1) is 7.97. The monoisotopic (exact) mass is 263 g/mol. The van der Waals surface area contributed by atoms with Crippen LogP contribution in [-0.2, 0) is 0 Å². The fourth-order valence-electron chi connectivity index (χ4n) is 1.47. The molecule has 96 valence electrons. The topological polar surface area (TPSA) is 72.7 Å². The van der Waals surface area contributed by atoms with Gasteiger partial charge in [0.1, 0.15) is 17.7 Å². The SMILES string of the molecule is CNCCC(O)C(O)c1cc(F)cc(Cl)c1O. The Morgan fingerprint density at radius 1 is 1.41 bits per heavy atom. The second kappa shape index (κ2) is 6.16. The fourth-order valence-corrected chi connectivity index (χ4v) is 1.68. The minimum atomic E-state index is -1.38. The van der Waals surface area contributed by atoms with Crippen molar-refractivity contribution in [1.82, 2.24) is 5.32 Å². The molecule has 1 aromatic carbocycles. The van der Waals surface area contributed by atoms with Crippen molar-refractivity contribution >= 4 is 11.6 Å². The Labute approximate surface area is 104 Å². The first kappa shape index (κ1) is 14.2. The quantitative estimate of drug-likeness (QED) is 0.644. The largest absolute Gasteiger partial charge is 0.506 e. The van der Waals surface area contributed by atoms with E-state index in [0.717, 1.165) is 12.1 Å². The number of aliphatic hydroxyl groups excluding tert-OH is 2. The normalized spacial score (nSPS) is 14.6. The molecule has 0 bridgehead atoms. The molecule has 4 nitrogen and oxygen atoms in total. The molecule has 2 unspecified atom stereocenters. The van der Waals surface area contributed by atoms with E-state index in [2.05, 4.69) is 5.32 Å². The van der Waals surface area contributed by atoms with E-state index in [-0.39, 0.29) is 17.0 Å². The molecular formula is C11H15ClFNO3. The molecule has 6 heteroatoms. The summed E-state index contributed by atoms with van der Waals surface area (Å²) in [6.45, 7) is 0.488.